The highest BCUT2D eigenvalue weighted by molar-refractivity contribution is 5.97. The first kappa shape index (κ1) is 17.6. The van der Waals surface area contributed by atoms with Gasteiger partial charge in [0.25, 0.3) is 5.91 Å². The highest BCUT2D eigenvalue weighted by Crippen LogP contribution is 2.27. The van der Waals surface area contributed by atoms with Gasteiger partial charge < -0.3 is 15.0 Å². The van der Waals surface area contributed by atoms with Gasteiger partial charge >= 0.3 is 6.36 Å². The Hall–Kier alpha value is -1.47. The summed E-state index contributed by atoms with van der Waals surface area (Å²) in [5, 5.41) is 3.11. The fraction of sp³-hybridized carbons (Fsp3) is 0.462. The van der Waals surface area contributed by atoms with E-state index >= 15 is 0 Å². The molecule has 1 atom stereocenters. The summed E-state index contributed by atoms with van der Waals surface area (Å²) in [7, 11) is 1.59. The zero-order valence-electron chi connectivity index (χ0n) is 11.3. The molecule has 1 N–H and O–H groups in total. The Balaban J connectivity index is 0.00000220. The van der Waals surface area contributed by atoms with Crippen molar-refractivity contribution < 1.29 is 22.7 Å². The number of rotatable bonds is 3. The normalized spacial score (nSPS) is 18.0. The van der Waals surface area contributed by atoms with Gasteiger partial charge in [0, 0.05) is 19.6 Å². The molecular weight excluding hydrogens is 309 g/mol. The molecule has 0 aliphatic carbocycles. The van der Waals surface area contributed by atoms with Crippen LogP contribution in [0.4, 0.5) is 13.2 Å². The number of nitrogens with zero attached hydrogens (tertiary/aromatic N) is 1. The molecule has 21 heavy (non-hydrogen) atoms. The third-order valence-corrected chi connectivity index (χ3v) is 3.25. The van der Waals surface area contributed by atoms with E-state index < -0.39 is 18.0 Å². The van der Waals surface area contributed by atoms with Crippen LogP contribution in [0.3, 0.4) is 0 Å². The third kappa shape index (κ3) is 4.50. The summed E-state index contributed by atoms with van der Waals surface area (Å²) in [5.41, 5.74) is -0.0841. The van der Waals surface area contributed by atoms with Gasteiger partial charge in [-0.05, 0) is 25.1 Å². The molecule has 1 heterocycles. The number of nitrogens with one attached hydrogen (secondary N) is 1. The molecule has 1 aliphatic rings. The van der Waals surface area contributed by atoms with Crippen molar-refractivity contribution in [3.05, 3.63) is 29.8 Å². The van der Waals surface area contributed by atoms with Crippen LogP contribution in [0.5, 0.6) is 5.75 Å². The summed E-state index contributed by atoms with van der Waals surface area (Å²) < 4.78 is 40.9. The molecule has 1 amide bonds. The van der Waals surface area contributed by atoms with Crippen LogP contribution in [-0.4, -0.2) is 43.3 Å². The van der Waals surface area contributed by atoms with E-state index in [2.05, 4.69) is 10.1 Å². The summed E-state index contributed by atoms with van der Waals surface area (Å²) >= 11 is 0. The topological polar surface area (TPSA) is 41.6 Å². The van der Waals surface area contributed by atoms with E-state index in [1.165, 1.54) is 23.1 Å². The molecule has 2 rings (SSSR count). The van der Waals surface area contributed by atoms with Crippen LogP contribution in [-0.2, 0) is 0 Å². The predicted octanol–water partition coefficient (Wildman–Crippen LogP) is 2.44. The van der Waals surface area contributed by atoms with Crippen LogP contribution in [0.2, 0.25) is 0 Å². The molecule has 0 saturated carbocycles. The van der Waals surface area contributed by atoms with Gasteiger partial charge in [-0.2, -0.15) is 0 Å². The van der Waals surface area contributed by atoms with Crippen molar-refractivity contribution in [2.45, 2.75) is 18.8 Å². The Labute approximate surface area is 126 Å². The van der Waals surface area contributed by atoms with Crippen LogP contribution in [0.25, 0.3) is 0 Å². The van der Waals surface area contributed by atoms with Crippen LogP contribution < -0.4 is 10.1 Å². The first-order valence-corrected chi connectivity index (χ1v) is 6.21. The van der Waals surface area contributed by atoms with Gasteiger partial charge in [-0.25, -0.2) is 0 Å². The number of carbonyl (C=O) groups excluding carboxylic acids is 1. The average molecular weight is 325 g/mol. The molecule has 0 spiro atoms. The quantitative estimate of drug-likeness (QED) is 0.928. The SMILES string of the molecule is CN(C(=O)c1ccccc1OC(F)(F)F)[C@H]1CCNC1.Cl. The summed E-state index contributed by atoms with van der Waals surface area (Å²) in [6.07, 6.45) is -4.03. The monoisotopic (exact) mass is 324 g/mol. The summed E-state index contributed by atoms with van der Waals surface area (Å²) in [6, 6.07) is 5.37. The number of hydrogen-bond acceptors (Lipinski definition) is 3. The van der Waals surface area contributed by atoms with Crippen LogP contribution in [0.15, 0.2) is 24.3 Å². The van der Waals surface area contributed by atoms with Crippen molar-refractivity contribution in [1.29, 1.82) is 0 Å². The van der Waals surface area contributed by atoms with Gasteiger partial charge in [0.1, 0.15) is 5.75 Å². The van der Waals surface area contributed by atoms with E-state index in [1.54, 1.807) is 7.05 Å². The van der Waals surface area contributed by atoms with Gasteiger partial charge in [0.2, 0.25) is 0 Å². The Bertz CT molecular complexity index is 491. The lowest BCUT2D eigenvalue weighted by atomic mass is 10.1. The minimum atomic E-state index is -4.82. The molecule has 1 fully saturated rings. The highest BCUT2D eigenvalue weighted by Gasteiger charge is 2.34. The zero-order chi connectivity index (χ0) is 14.8. The summed E-state index contributed by atoms with van der Waals surface area (Å²) in [5.74, 6) is -0.943. The van der Waals surface area contributed by atoms with Gasteiger partial charge in [0.05, 0.1) is 5.56 Å². The Morgan fingerprint density at radius 1 is 1.38 bits per heavy atom. The van der Waals surface area contributed by atoms with Crippen molar-refractivity contribution in [2.24, 2.45) is 0 Å². The van der Waals surface area contributed by atoms with E-state index in [0.29, 0.717) is 6.54 Å². The standard InChI is InChI=1S/C13H15F3N2O2.ClH/c1-18(9-6-7-17-8-9)12(19)10-4-2-3-5-11(10)20-13(14,15)16;/h2-5,9,17H,6-8H2,1H3;1H/t9-;/m0./s1. The molecule has 1 aliphatic heterocycles. The Kier molecular flexibility index (Phi) is 5.86. The summed E-state index contributed by atoms with van der Waals surface area (Å²) in [4.78, 5) is 13.7. The number of hydrogen-bond donors (Lipinski definition) is 1. The Morgan fingerprint density at radius 2 is 2.05 bits per heavy atom. The minimum absolute atomic E-state index is 0. The van der Waals surface area contributed by atoms with Gasteiger partial charge in [-0.1, -0.05) is 12.1 Å². The van der Waals surface area contributed by atoms with Crippen LogP contribution in [0.1, 0.15) is 16.8 Å². The van der Waals surface area contributed by atoms with Gasteiger partial charge in [-0.15, -0.1) is 25.6 Å². The number of amides is 1. The van der Waals surface area contributed by atoms with Crippen molar-refractivity contribution in [1.82, 2.24) is 10.2 Å². The number of halogens is 4. The fourth-order valence-corrected chi connectivity index (χ4v) is 2.18. The summed E-state index contributed by atoms with van der Waals surface area (Å²) in [6.45, 7) is 1.44. The molecule has 1 aromatic carbocycles. The van der Waals surface area contributed by atoms with E-state index in [4.69, 9.17) is 0 Å². The average Bonchev–Trinajstić information content (AvgIpc) is 2.89. The molecular formula is C13H16ClF3N2O2. The molecule has 118 valence electrons. The number of para-hydroxylation sites is 1. The number of carbonyl (C=O) groups is 1. The Morgan fingerprint density at radius 3 is 2.62 bits per heavy atom. The lowest BCUT2D eigenvalue weighted by Crippen LogP contribution is -2.38. The fourth-order valence-electron chi connectivity index (χ4n) is 2.18. The molecule has 1 aromatic rings. The first-order valence-electron chi connectivity index (χ1n) is 6.21. The van der Waals surface area contributed by atoms with E-state index in [1.807, 2.05) is 0 Å². The second-order valence-electron chi connectivity index (χ2n) is 4.61. The van der Waals surface area contributed by atoms with Gasteiger partial charge in [-0.3, -0.25) is 4.79 Å². The maximum absolute atomic E-state index is 12.3. The van der Waals surface area contributed by atoms with Crippen molar-refractivity contribution >= 4 is 18.3 Å². The second kappa shape index (κ2) is 7.00. The van der Waals surface area contributed by atoms with Crippen molar-refractivity contribution in [3.8, 4) is 5.75 Å². The number of ether oxygens (including phenoxy) is 1. The van der Waals surface area contributed by atoms with Crippen molar-refractivity contribution in [2.75, 3.05) is 20.1 Å². The molecule has 4 nitrogen and oxygen atoms in total. The third-order valence-electron chi connectivity index (χ3n) is 3.25. The van der Waals surface area contributed by atoms with Crippen LogP contribution >= 0.6 is 12.4 Å². The maximum atomic E-state index is 12.3. The maximum Gasteiger partial charge on any atom is 0.573 e. The van der Waals surface area contributed by atoms with Crippen LogP contribution in [0, 0.1) is 0 Å². The van der Waals surface area contributed by atoms with Crippen molar-refractivity contribution in [3.63, 3.8) is 0 Å². The lowest BCUT2D eigenvalue weighted by molar-refractivity contribution is -0.274. The number of benzene rings is 1. The molecule has 0 radical (unpaired) electrons. The molecule has 8 heteroatoms. The lowest BCUT2D eigenvalue weighted by Gasteiger charge is -2.24. The molecule has 0 aromatic heterocycles. The zero-order valence-corrected chi connectivity index (χ0v) is 12.1. The second-order valence-corrected chi connectivity index (χ2v) is 4.61. The number of alkyl halides is 3. The molecule has 1 saturated heterocycles. The minimum Gasteiger partial charge on any atom is -0.405 e. The largest absolute Gasteiger partial charge is 0.573 e. The number of likely N-dealkylation sites (N-methyl/N-ethyl adjacent to an activating group) is 1. The van der Waals surface area contributed by atoms with E-state index in [9.17, 15) is 18.0 Å². The highest BCUT2D eigenvalue weighted by atomic mass is 35.5. The van der Waals surface area contributed by atoms with E-state index in [0.717, 1.165) is 19.0 Å². The molecule has 0 unspecified atom stereocenters. The van der Waals surface area contributed by atoms with Gasteiger partial charge in [0.15, 0.2) is 0 Å². The van der Waals surface area contributed by atoms with E-state index in [-0.39, 0.29) is 24.0 Å². The predicted molar refractivity (Wildman–Crippen MR) is 73.7 cm³/mol. The molecule has 0 bridgehead atoms. The smallest absolute Gasteiger partial charge is 0.405 e. The first-order chi connectivity index (χ1) is 9.38.